The van der Waals surface area contributed by atoms with Gasteiger partial charge < -0.3 is 25.4 Å². The largest absolute Gasteiger partial charge is 0.462 e. The summed E-state index contributed by atoms with van der Waals surface area (Å²) in [7, 11) is 0. The summed E-state index contributed by atoms with van der Waals surface area (Å²) in [5.41, 5.74) is 9.13. The lowest BCUT2D eigenvalue weighted by Gasteiger charge is -2.32. The van der Waals surface area contributed by atoms with Gasteiger partial charge in [-0.3, -0.25) is 4.79 Å². The Morgan fingerprint density at radius 3 is 2.58 bits per heavy atom. The summed E-state index contributed by atoms with van der Waals surface area (Å²) in [4.78, 5) is 27.7. The van der Waals surface area contributed by atoms with Crippen LogP contribution >= 0.6 is 0 Å². The molecule has 2 aliphatic rings. The van der Waals surface area contributed by atoms with E-state index in [2.05, 4.69) is 5.32 Å². The van der Waals surface area contributed by atoms with Gasteiger partial charge in [-0.25, -0.2) is 4.79 Å². The number of nitrogens with one attached hydrogen (secondary N) is 1. The number of hydrogen-bond donors (Lipinski definition) is 2. The van der Waals surface area contributed by atoms with Crippen molar-refractivity contribution in [2.24, 2.45) is 5.73 Å². The van der Waals surface area contributed by atoms with Crippen molar-refractivity contribution in [3.05, 3.63) is 65.6 Å². The Labute approximate surface area is 181 Å². The number of fused-ring (bicyclic) bond motifs is 1. The maximum atomic E-state index is 13.1. The fourth-order valence-corrected chi connectivity index (χ4v) is 4.11. The molecule has 162 valence electrons. The van der Waals surface area contributed by atoms with Gasteiger partial charge in [0.15, 0.2) is 0 Å². The van der Waals surface area contributed by atoms with Gasteiger partial charge in [0, 0.05) is 44.1 Å². The molecule has 1 amide bonds. The molecule has 31 heavy (non-hydrogen) atoms. The first-order valence-electron chi connectivity index (χ1n) is 10.6. The molecule has 2 heterocycles. The summed E-state index contributed by atoms with van der Waals surface area (Å²) >= 11 is 0. The van der Waals surface area contributed by atoms with E-state index in [1.54, 1.807) is 6.92 Å². The second-order valence-electron chi connectivity index (χ2n) is 7.61. The third kappa shape index (κ3) is 4.41. The molecule has 1 unspecified atom stereocenters. The predicted octanol–water partition coefficient (Wildman–Crippen LogP) is 2.38. The van der Waals surface area contributed by atoms with Gasteiger partial charge in [-0.2, -0.15) is 0 Å². The van der Waals surface area contributed by atoms with Gasteiger partial charge in [-0.05, 0) is 30.2 Å². The molecule has 0 radical (unpaired) electrons. The minimum Gasteiger partial charge on any atom is -0.462 e. The zero-order valence-electron chi connectivity index (χ0n) is 17.6. The number of hydrogen-bond acceptors (Lipinski definition) is 6. The van der Waals surface area contributed by atoms with Gasteiger partial charge in [0.05, 0.1) is 6.61 Å². The van der Waals surface area contributed by atoms with Crippen molar-refractivity contribution >= 4 is 11.9 Å². The van der Waals surface area contributed by atoms with E-state index in [1.807, 2.05) is 53.4 Å². The number of rotatable bonds is 5. The molecule has 0 saturated carbocycles. The average molecular weight is 421 g/mol. The smallest absolute Gasteiger partial charge is 0.340 e. The number of amides is 1. The van der Waals surface area contributed by atoms with Crippen molar-refractivity contribution in [2.45, 2.75) is 19.3 Å². The third-order valence-electron chi connectivity index (χ3n) is 5.67. The SMILES string of the molecule is CCOC(=O)C1=C(N)Oc2ccc(-c3ccccc3)cc2C1CC(=O)N1CCNCC1. The predicted molar refractivity (Wildman–Crippen MR) is 117 cm³/mol. The second kappa shape index (κ2) is 9.22. The molecule has 1 atom stereocenters. The summed E-state index contributed by atoms with van der Waals surface area (Å²) in [6.07, 6.45) is 0.128. The number of piperazine rings is 1. The van der Waals surface area contributed by atoms with E-state index in [4.69, 9.17) is 15.2 Å². The van der Waals surface area contributed by atoms with Gasteiger partial charge in [-0.15, -0.1) is 0 Å². The van der Waals surface area contributed by atoms with Crippen LogP contribution < -0.4 is 15.8 Å². The first-order chi connectivity index (χ1) is 15.1. The van der Waals surface area contributed by atoms with E-state index >= 15 is 0 Å². The molecule has 0 bridgehead atoms. The number of nitrogens with zero attached hydrogens (tertiary/aromatic N) is 1. The van der Waals surface area contributed by atoms with Crippen molar-refractivity contribution < 1.29 is 19.1 Å². The van der Waals surface area contributed by atoms with Crippen molar-refractivity contribution in [2.75, 3.05) is 32.8 Å². The molecule has 1 saturated heterocycles. The molecule has 7 nitrogen and oxygen atoms in total. The number of nitrogens with two attached hydrogens (primary N) is 1. The molecule has 1 fully saturated rings. The summed E-state index contributed by atoms with van der Waals surface area (Å²) < 4.78 is 11.0. The topological polar surface area (TPSA) is 93.9 Å². The molecule has 0 aromatic heterocycles. The molecule has 2 aromatic carbocycles. The Morgan fingerprint density at radius 1 is 1.13 bits per heavy atom. The van der Waals surface area contributed by atoms with E-state index in [1.165, 1.54) is 0 Å². The minimum atomic E-state index is -0.547. The van der Waals surface area contributed by atoms with Crippen molar-refractivity contribution in [3.8, 4) is 16.9 Å². The summed E-state index contributed by atoms with van der Waals surface area (Å²) in [6.45, 7) is 4.76. The first-order valence-corrected chi connectivity index (χ1v) is 10.6. The maximum absolute atomic E-state index is 13.1. The summed E-state index contributed by atoms with van der Waals surface area (Å²) in [6, 6.07) is 15.7. The van der Waals surface area contributed by atoms with Crippen LogP contribution in [0.25, 0.3) is 11.1 Å². The van der Waals surface area contributed by atoms with Crippen LogP contribution in [0.1, 0.15) is 24.8 Å². The van der Waals surface area contributed by atoms with Crippen LogP contribution in [0, 0.1) is 0 Å². The van der Waals surface area contributed by atoms with E-state index in [-0.39, 0.29) is 30.4 Å². The van der Waals surface area contributed by atoms with Crippen molar-refractivity contribution in [1.29, 1.82) is 0 Å². The fourth-order valence-electron chi connectivity index (χ4n) is 4.11. The van der Waals surface area contributed by atoms with E-state index in [0.717, 1.165) is 29.8 Å². The quantitative estimate of drug-likeness (QED) is 0.720. The maximum Gasteiger partial charge on any atom is 0.340 e. The van der Waals surface area contributed by atoms with Crippen LogP contribution in [0.3, 0.4) is 0 Å². The molecule has 0 aliphatic carbocycles. The van der Waals surface area contributed by atoms with Gasteiger partial charge in [0.1, 0.15) is 11.3 Å². The van der Waals surface area contributed by atoms with E-state index < -0.39 is 11.9 Å². The Kier molecular flexibility index (Phi) is 6.23. The Hall–Kier alpha value is -3.32. The highest BCUT2D eigenvalue weighted by Crippen LogP contribution is 2.42. The number of carbonyl (C=O) groups excluding carboxylic acids is 2. The zero-order chi connectivity index (χ0) is 21.8. The zero-order valence-corrected chi connectivity index (χ0v) is 17.6. The molecule has 4 rings (SSSR count). The lowest BCUT2D eigenvalue weighted by molar-refractivity contribution is -0.139. The standard InChI is InChI=1S/C24H27N3O4/c1-2-30-24(29)22-19(15-21(28)27-12-10-26-11-13-27)18-14-17(16-6-4-3-5-7-16)8-9-20(18)31-23(22)25/h3-9,14,19,26H,2,10-13,15,25H2,1H3. The Morgan fingerprint density at radius 2 is 1.87 bits per heavy atom. The molecule has 2 aliphatic heterocycles. The van der Waals surface area contributed by atoms with Gasteiger partial charge >= 0.3 is 5.97 Å². The highest BCUT2D eigenvalue weighted by molar-refractivity contribution is 5.93. The number of carbonyl (C=O) groups is 2. The second-order valence-corrected chi connectivity index (χ2v) is 7.61. The van der Waals surface area contributed by atoms with E-state index in [0.29, 0.717) is 18.8 Å². The van der Waals surface area contributed by atoms with Gasteiger partial charge in [-0.1, -0.05) is 36.4 Å². The summed E-state index contributed by atoms with van der Waals surface area (Å²) in [5.74, 6) is -0.540. The average Bonchev–Trinajstić information content (AvgIpc) is 2.80. The minimum absolute atomic E-state index is 0.00322. The van der Waals surface area contributed by atoms with Gasteiger partial charge in [0.2, 0.25) is 11.8 Å². The highest BCUT2D eigenvalue weighted by Gasteiger charge is 2.37. The number of benzene rings is 2. The highest BCUT2D eigenvalue weighted by atomic mass is 16.5. The Bertz CT molecular complexity index is 997. The molecular weight excluding hydrogens is 394 g/mol. The Balaban J connectivity index is 1.73. The van der Waals surface area contributed by atoms with E-state index in [9.17, 15) is 9.59 Å². The van der Waals surface area contributed by atoms with Crippen LogP contribution in [0.5, 0.6) is 5.75 Å². The third-order valence-corrected chi connectivity index (χ3v) is 5.67. The fraction of sp³-hybridized carbons (Fsp3) is 0.333. The van der Waals surface area contributed by atoms with Crippen molar-refractivity contribution in [3.63, 3.8) is 0 Å². The first kappa shape index (κ1) is 20.9. The van der Waals surface area contributed by atoms with Crippen molar-refractivity contribution in [1.82, 2.24) is 10.2 Å². The molecule has 3 N–H and O–H groups in total. The molecule has 0 spiro atoms. The van der Waals surface area contributed by atoms with Crippen LogP contribution in [0.15, 0.2) is 60.0 Å². The van der Waals surface area contributed by atoms with Gasteiger partial charge in [0.25, 0.3) is 0 Å². The number of ether oxygens (including phenoxy) is 2. The lowest BCUT2D eigenvalue weighted by atomic mass is 9.84. The van der Waals surface area contributed by atoms with Crippen LogP contribution in [-0.4, -0.2) is 49.6 Å². The van der Waals surface area contributed by atoms with Crippen LogP contribution in [0.2, 0.25) is 0 Å². The lowest BCUT2D eigenvalue weighted by Crippen LogP contribution is -2.47. The normalized spacial score (nSPS) is 18.2. The molecule has 2 aromatic rings. The van der Waals surface area contributed by atoms with Crippen LogP contribution in [0.4, 0.5) is 0 Å². The van der Waals surface area contributed by atoms with Crippen LogP contribution in [-0.2, 0) is 14.3 Å². The monoisotopic (exact) mass is 421 g/mol. The molecular formula is C24H27N3O4. The number of esters is 1. The molecule has 7 heteroatoms. The summed E-state index contributed by atoms with van der Waals surface area (Å²) in [5, 5.41) is 3.25.